The third kappa shape index (κ3) is 3.01. The van der Waals surface area contributed by atoms with Crippen LogP contribution < -0.4 is 16.1 Å². The molecular weight excluding hydrogens is 346 g/mol. The number of guanidine groups is 1. The lowest BCUT2D eigenvalue weighted by atomic mass is 9.76. The summed E-state index contributed by atoms with van der Waals surface area (Å²) >= 11 is 0. The Morgan fingerprint density at radius 3 is 2.00 bits per heavy atom. The van der Waals surface area contributed by atoms with Gasteiger partial charge in [-0.1, -0.05) is 72.8 Å². The van der Waals surface area contributed by atoms with Crippen LogP contribution in [0.3, 0.4) is 0 Å². The first-order valence-electron chi connectivity index (χ1n) is 9.19. The van der Waals surface area contributed by atoms with Gasteiger partial charge in [-0.05, 0) is 23.3 Å². The molecule has 1 aliphatic heterocycles. The first-order valence-corrected chi connectivity index (χ1v) is 9.19. The molecule has 0 aromatic heterocycles. The second-order valence-corrected chi connectivity index (χ2v) is 6.96. The highest BCUT2D eigenvalue weighted by Gasteiger charge is 2.42. The fourth-order valence-corrected chi connectivity index (χ4v) is 3.59. The third-order valence-electron chi connectivity index (χ3n) is 4.93. The minimum Gasteiger partial charge on any atom is -0.378 e. The summed E-state index contributed by atoms with van der Waals surface area (Å²) in [6.07, 6.45) is 0. The Morgan fingerprint density at radius 2 is 1.43 bits per heavy atom. The van der Waals surface area contributed by atoms with E-state index in [9.17, 15) is 0 Å². The average molecular weight is 369 g/mol. The molecule has 140 valence electrons. The van der Waals surface area contributed by atoms with E-state index in [4.69, 9.17) is 10.7 Å². The molecule has 3 aromatic rings. The molecular formula is C23H23N5. The molecule has 0 saturated carbocycles. The van der Waals surface area contributed by atoms with Gasteiger partial charge in [0.15, 0.2) is 5.54 Å². The molecule has 0 saturated heterocycles. The van der Waals surface area contributed by atoms with Gasteiger partial charge in [-0.3, -0.25) is 0 Å². The molecule has 3 aromatic carbocycles. The van der Waals surface area contributed by atoms with E-state index in [0.717, 1.165) is 28.1 Å². The minimum atomic E-state index is -0.831. The Hall–Kier alpha value is -3.60. The van der Waals surface area contributed by atoms with Gasteiger partial charge in [-0.15, -0.1) is 0 Å². The molecule has 0 spiro atoms. The number of hydrogen-bond acceptors (Lipinski definition) is 5. The van der Waals surface area contributed by atoms with E-state index in [0.29, 0.717) is 5.96 Å². The number of hydrogen-bond donors (Lipinski definition) is 2. The number of hydrazone groups is 1. The van der Waals surface area contributed by atoms with Crippen molar-refractivity contribution in [2.45, 2.75) is 5.54 Å². The molecule has 1 aliphatic rings. The van der Waals surface area contributed by atoms with Gasteiger partial charge in [0.2, 0.25) is 5.96 Å². The first-order chi connectivity index (χ1) is 13.6. The predicted molar refractivity (Wildman–Crippen MR) is 116 cm³/mol. The van der Waals surface area contributed by atoms with Gasteiger partial charge in [0.25, 0.3) is 0 Å². The third-order valence-corrected chi connectivity index (χ3v) is 4.93. The van der Waals surface area contributed by atoms with Gasteiger partial charge < -0.3 is 10.6 Å². The largest absolute Gasteiger partial charge is 0.378 e. The van der Waals surface area contributed by atoms with E-state index in [1.54, 1.807) is 0 Å². The first kappa shape index (κ1) is 17.8. The van der Waals surface area contributed by atoms with Crippen molar-refractivity contribution in [3.63, 3.8) is 0 Å². The highest BCUT2D eigenvalue weighted by atomic mass is 15.4. The van der Waals surface area contributed by atoms with Crippen LogP contribution >= 0.6 is 0 Å². The maximum Gasteiger partial charge on any atom is 0.211 e. The Bertz CT molecular complexity index is 984. The fraction of sp³-hybridized carbons (Fsp3) is 0.130. The summed E-state index contributed by atoms with van der Waals surface area (Å²) in [5, 5.41) is 4.68. The number of rotatable bonds is 4. The van der Waals surface area contributed by atoms with E-state index in [2.05, 4.69) is 57.9 Å². The normalized spacial score (nSPS) is 15.2. The van der Waals surface area contributed by atoms with Gasteiger partial charge in [-0.2, -0.15) is 5.10 Å². The molecule has 1 heterocycles. The van der Waals surface area contributed by atoms with E-state index >= 15 is 0 Å². The molecule has 0 unspecified atom stereocenters. The van der Waals surface area contributed by atoms with Crippen LogP contribution in [-0.2, 0) is 5.54 Å². The van der Waals surface area contributed by atoms with Crippen LogP contribution in [-0.4, -0.2) is 25.8 Å². The van der Waals surface area contributed by atoms with E-state index < -0.39 is 5.54 Å². The quantitative estimate of drug-likeness (QED) is 0.741. The topological polar surface area (TPSA) is 66.0 Å². The van der Waals surface area contributed by atoms with Crippen molar-refractivity contribution in [2.75, 3.05) is 19.0 Å². The molecule has 0 atom stereocenters. The van der Waals surface area contributed by atoms with Crippen LogP contribution in [0.5, 0.6) is 0 Å². The monoisotopic (exact) mass is 369 g/mol. The predicted octanol–water partition coefficient (Wildman–Crippen LogP) is 3.32. The zero-order valence-corrected chi connectivity index (χ0v) is 16.0. The number of aliphatic imine (C=N–C) groups is 1. The Morgan fingerprint density at radius 1 is 0.821 bits per heavy atom. The fourth-order valence-electron chi connectivity index (χ4n) is 3.59. The van der Waals surface area contributed by atoms with Gasteiger partial charge in [-0.25, -0.2) is 10.4 Å². The summed E-state index contributed by atoms with van der Waals surface area (Å²) < 4.78 is 0. The molecule has 0 aliphatic carbocycles. The van der Waals surface area contributed by atoms with Crippen LogP contribution in [0.15, 0.2) is 95.0 Å². The van der Waals surface area contributed by atoms with Crippen LogP contribution in [0.25, 0.3) is 0 Å². The second-order valence-electron chi connectivity index (χ2n) is 6.96. The molecule has 4 rings (SSSR count). The summed E-state index contributed by atoms with van der Waals surface area (Å²) in [7, 11) is 4.05. The van der Waals surface area contributed by atoms with Crippen LogP contribution in [0.4, 0.5) is 5.69 Å². The van der Waals surface area contributed by atoms with Crippen molar-refractivity contribution in [3.8, 4) is 0 Å². The number of benzene rings is 3. The maximum absolute atomic E-state index is 6.13. The molecule has 0 radical (unpaired) electrons. The van der Waals surface area contributed by atoms with Crippen LogP contribution in [0.1, 0.15) is 16.7 Å². The number of nitrogens with zero attached hydrogens (tertiary/aromatic N) is 3. The van der Waals surface area contributed by atoms with Crippen molar-refractivity contribution >= 4 is 17.4 Å². The van der Waals surface area contributed by atoms with E-state index in [1.165, 1.54) is 0 Å². The highest BCUT2D eigenvalue weighted by Crippen LogP contribution is 2.39. The van der Waals surface area contributed by atoms with E-state index in [1.807, 2.05) is 56.6 Å². The van der Waals surface area contributed by atoms with Crippen molar-refractivity contribution in [3.05, 3.63) is 102 Å². The Kier molecular flexibility index (Phi) is 4.57. The number of nitrogens with one attached hydrogen (secondary N) is 1. The lowest BCUT2D eigenvalue weighted by Crippen LogP contribution is -2.46. The van der Waals surface area contributed by atoms with Crippen molar-refractivity contribution in [2.24, 2.45) is 15.8 Å². The maximum atomic E-state index is 6.13. The molecule has 0 bridgehead atoms. The van der Waals surface area contributed by atoms with Crippen molar-refractivity contribution in [1.82, 2.24) is 5.43 Å². The SMILES string of the molecule is CN(C)c1cccc(C2=NNC(N)=NC2(c2ccccc2)c2ccccc2)c1. The standard InChI is InChI=1S/C23H23N5/c1-28(2)20-15-9-10-17(16-20)21-23(25-22(24)27-26-21,18-11-5-3-6-12-18)19-13-7-4-8-14-19/h3-16H,1-2H3,(H3,24,25,27). The lowest BCUT2D eigenvalue weighted by Gasteiger charge is -2.35. The van der Waals surface area contributed by atoms with Gasteiger partial charge >= 0.3 is 0 Å². The second kappa shape index (κ2) is 7.19. The summed E-state index contributed by atoms with van der Waals surface area (Å²) in [5.41, 5.74) is 13.1. The molecule has 0 fully saturated rings. The summed E-state index contributed by atoms with van der Waals surface area (Å²) in [6.45, 7) is 0. The zero-order valence-electron chi connectivity index (χ0n) is 16.0. The summed E-state index contributed by atoms with van der Waals surface area (Å²) in [5.74, 6) is 0.292. The molecule has 28 heavy (non-hydrogen) atoms. The van der Waals surface area contributed by atoms with Gasteiger partial charge in [0, 0.05) is 25.3 Å². The van der Waals surface area contributed by atoms with Crippen LogP contribution in [0, 0.1) is 0 Å². The van der Waals surface area contributed by atoms with Crippen LogP contribution in [0.2, 0.25) is 0 Å². The highest BCUT2D eigenvalue weighted by molar-refractivity contribution is 6.13. The smallest absolute Gasteiger partial charge is 0.211 e. The lowest BCUT2D eigenvalue weighted by molar-refractivity contribution is 0.691. The summed E-state index contributed by atoms with van der Waals surface area (Å²) in [6, 6.07) is 28.6. The summed E-state index contributed by atoms with van der Waals surface area (Å²) in [4.78, 5) is 7.00. The van der Waals surface area contributed by atoms with E-state index in [-0.39, 0.29) is 0 Å². The number of anilines is 1. The average Bonchev–Trinajstić information content (AvgIpc) is 2.75. The zero-order chi connectivity index (χ0) is 19.6. The van der Waals surface area contributed by atoms with Crippen molar-refractivity contribution < 1.29 is 0 Å². The molecule has 0 amide bonds. The Labute approximate surface area is 165 Å². The van der Waals surface area contributed by atoms with Gasteiger partial charge in [0.1, 0.15) is 5.71 Å². The van der Waals surface area contributed by atoms with Gasteiger partial charge in [0.05, 0.1) is 0 Å². The Balaban J connectivity index is 2.00. The molecule has 3 N–H and O–H groups in total. The molecule has 5 nitrogen and oxygen atoms in total. The minimum absolute atomic E-state index is 0.292. The van der Waals surface area contributed by atoms with Crippen molar-refractivity contribution in [1.29, 1.82) is 0 Å². The number of nitrogens with two attached hydrogens (primary N) is 1. The molecule has 5 heteroatoms.